The molecule has 1 aromatic heterocycles. The van der Waals surface area contributed by atoms with Crippen molar-refractivity contribution in [2.45, 2.75) is 64.5 Å². The lowest BCUT2D eigenvalue weighted by atomic mass is 9.83. The molecule has 2 aliphatic rings. The first-order valence-corrected chi connectivity index (χ1v) is 9.56. The molecule has 2 heterocycles. The molecule has 118 valence electrons. The minimum Gasteiger partial charge on any atom is -0.312 e. The van der Waals surface area contributed by atoms with E-state index in [1.807, 2.05) is 11.3 Å². The summed E-state index contributed by atoms with van der Waals surface area (Å²) < 4.78 is 0. The van der Waals surface area contributed by atoms with Gasteiger partial charge in [-0.1, -0.05) is 26.2 Å². The number of nitrogens with zero attached hydrogens (tertiary/aromatic N) is 2. The van der Waals surface area contributed by atoms with Crippen molar-refractivity contribution in [1.29, 1.82) is 0 Å². The highest BCUT2D eigenvalue weighted by Gasteiger charge is 2.27. The SMILES string of the molecule is CCc1cnc(CN2CCCNC(C3CCCCC3)C2)s1. The lowest BCUT2D eigenvalue weighted by Crippen LogP contribution is -2.43. The summed E-state index contributed by atoms with van der Waals surface area (Å²) in [6.45, 7) is 6.89. The van der Waals surface area contributed by atoms with Crippen LogP contribution in [0.1, 0.15) is 55.3 Å². The lowest BCUT2D eigenvalue weighted by molar-refractivity contribution is 0.201. The Bertz CT molecular complexity index is 425. The Morgan fingerprint density at radius 1 is 1.29 bits per heavy atom. The van der Waals surface area contributed by atoms with Gasteiger partial charge in [0.15, 0.2) is 0 Å². The number of thiazole rings is 1. The fourth-order valence-electron chi connectivity index (χ4n) is 3.80. The molecular weight excluding hydrogens is 278 g/mol. The zero-order valence-corrected chi connectivity index (χ0v) is 14.1. The first-order valence-electron chi connectivity index (χ1n) is 8.74. The Kier molecular flexibility index (Phi) is 5.67. The molecule has 4 heteroatoms. The summed E-state index contributed by atoms with van der Waals surface area (Å²) in [4.78, 5) is 8.66. The second-order valence-corrected chi connectivity index (χ2v) is 7.82. The van der Waals surface area contributed by atoms with E-state index in [1.165, 1.54) is 68.0 Å². The van der Waals surface area contributed by atoms with Crippen molar-refractivity contribution in [3.8, 4) is 0 Å². The van der Waals surface area contributed by atoms with E-state index in [9.17, 15) is 0 Å². The predicted octanol–water partition coefficient (Wildman–Crippen LogP) is 3.45. The van der Waals surface area contributed by atoms with Gasteiger partial charge in [-0.15, -0.1) is 11.3 Å². The largest absolute Gasteiger partial charge is 0.312 e. The van der Waals surface area contributed by atoms with E-state index in [2.05, 4.69) is 28.3 Å². The fraction of sp³-hybridized carbons (Fsp3) is 0.824. The third-order valence-corrected chi connectivity index (χ3v) is 6.17. The average molecular weight is 308 g/mol. The van der Waals surface area contributed by atoms with Crippen LogP contribution in [0.5, 0.6) is 0 Å². The molecule has 1 aliphatic heterocycles. The summed E-state index contributed by atoms with van der Waals surface area (Å²) in [5.74, 6) is 0.904. The Morgan fingerprint density at radius 2 is 2.14 bits per heavy atom. The number of nitrogens with one attached hydrogen (secondary N) is 1. The fourth-order valence-corrected chi connectivity index (χ4v) is 4.70. The smallest absolute Gasteiger partial charge is 0.107 e. The van der Waals surface area contributed by atoms with Crippen LogP contribution in [-0.2, 0) is 13.0 Å². The first-order chi connectivity index (χ1) is 10.3. The van der Waals surface area contributed by atoms with E-state index in [0.29, 0.717) is 6.04 Å². The number of rotatable bonds is 4. The molecule has 3 nitrogen and oxygen atoms in total. The van der Waals surface area contributed by atoms with Crippen molar-refractivity contribution in [2.24, 2.45) is 5.92 Å². The maximum absolute atomic E-state index is 4.61. The van der Waals surface area contributed by atoms with E-state index in [4.69, 9.17) is 0 Å². The highest BCUT2D eigenvalue weighted by atomic mass is 32.1. The van der Waals surface area contributed by atoms with Gasteiger partial charge in [0.1, 0.15) is 5.01 Å². The molecule has 1 atom stereocenters. The summed E-state index contributed by atoms with van der Waals surface area (Å²) in [7, 11) is 0. The maximum Gasteiger partial charge on any atom is 0.107 e. The molecular formula is C17H29N3S. The van der Waals surface area contributed by atoms with Crippen LogP contribution < -0.4 is 5.32 Å². The van der Waals surface area contributed by atoms with Crippen LogP contribution in [-0.4, -0.2) is 35.6 Å². The van der Waals surface area contributed by atoms with Crippen LogP contribution >= 0.6 is 11.3 Å². The van der Waals surface area contributed by atoms with Crippen LogP contribution in [0.25, 0.3) is 0 Å². The van der Waals surface area contributed by atoms with Crippen LogP contribution in [0.2, 0.25) is 0 Å². The summed E-state index contributed by atoms with van der Waals surface area (Å²) in [5, 5.41) is 5.13. The van der Waals surface area contributed by atoms with Crippen LogP contribution in [0.15, 0.2) is 6.20 Å². The zero-order chi connectivity index (χ0) is 14.5. The molecule has 0 spiro atoms. The molecule has 0 amide bonds. The van der Waals surface area contributed by atoms with Gasteiger partial charge in [-0.2, -0.15) is 0 Å². The number of aryl methyl sites for hydroxylation is 1. The molecule has 1 saturated carbocycles. The second-order valence-electron chi connectivity index (χ2n) is 6.62. The lowest BCUT2D eigenvalue weighted by Gasteiger charge is -2.32. The van der Waals surface area contributed by atoms with E-state index in [1.54, 1.807) is 0 Å². The Balaban J connectivity index is 1.58. The number of hydrogen-bond donors (Lipinski definition) is 1. The molecule has 1 saturated heterocycles. The van der Waals surface area contributed by atoms with Crippen LogP contribution in [0.4, 0.5) is 0 Å². The Morgan fingerprint density at radius 3 is 2.90 bits per heavy atom. The van der Waals surface area contributed by atoms with E-state index < -0.39 is 0 Å². The van der Waals surface area contributed by atoms with Gasteiger partial charge in [0.05, 0.1) is 6.54 Å². The molecule has 3 rings (SSSR count). The quantitative estimate of drug-likeness (QED) is 0.923. The van der Waals surface area contributed by atoms with Crippen LogP contribution in [0.3, 0.4) is 0 Å². The van der Waals surface area contributed by atoms with Gasteiger partial charge < -0.3 is 5.32 Å². The van der Waals surface area contributed by atoms with Gasteiger partial charge in [-0.25, -0.2) is 4.98 Å². The first kappa shape index (κ1) is 15.4. The summed E-state index contributed by atoms with van der Waals surface area (Å²) >= 11 is 1.90. The van der Waals surface area contributed by atoms with E-state index >= 15 is 0 Å². The van der Waals surface area contributed by atoms with Crippen molar-refractivity contribution < 1.29 is 0 Å². The van der Waals surface area contributed by atoms with Crippen molar-refractivity contribution in [2.75, 3.05) is 19.6 Å². The third-order valence-electron chi connectivity index (χ3n) is 5.04. The standard InChI is InChI=1S/C17H29N3S/c1-2-15-11-19-17(21-15)13-20-10-6-9-18-16(12-20)14-7-4-3-5-8-14/h11,14,16,18H,2-10,12-13H2,1H3. The third kappa shape index (κ3) is 4.27. The summed E-state index contributed by atoms with van der Waals surface area (Å²) in [6, 6.07) is 0.707. The molecule has 0 bridgehead atoms. The van der Waals surface area contributed by atoms with E-state index in [-0.39, 0.29) is 0 Å². The molecule has 1 aromatic rings. The van der Waals surface area contributed by atoms with Crippen molar-refractivity contribution in [3.63, 3.8) is 0 Å². The molecule has 0 radical (unpaired) electrons. The molecule has 1 aliphatic carbocycles. The van der Waals surface area contributed by atoms with Crippen LogP contribution in [0, 0.1) is 5.92 Å². The predicted molar refractivity (Wildman–Crippen MR) is 89.8 cm³/mol. The molecule has 0 aromatic carbocycles. The van der Waals surface area contributed by atoms with Gasteiger partial charge in [-0.3, -0.25) is 4.90 Å². The minimum atomic E-state index is 0.707. The van der Waals surface area contributed by atoms with Gasteiger partial charge in [-0.05, 0) is 44.7 Å². The Labute approximate surface area is 133 Å². The van der Waals surface area contributed by atoms with Crippen molar-refractivity contribution in [3.05, 3.63) is 16.1 Å². The van der Waals surface area contributed by atoms with Gasteiger partial charge in [0, 0.05) is 23.7 Å². The number of aromatic nitrogens is 1. The monoisotopic (exact) mass is 307 g/mol. The molecule has 21 heavy (non-hydrogen) atoms. The summed E-state index contributed by atoms with van der Waals surface area (Å²) in [6.07, 6.45) is 11.6. The average Bonchev–Trinajstić information content (AvgIpc) is 2.85. The topological polar surface area (TPSA) is 28.2 Å². The van der Waals surface area contributed by atoms with Gasteiger partial charge in [0.25, 0.3) is 0 Å². The van der Waals surface area contributed by atoms with Crippen molar-refractivity contribution >= 4 is 11.3 Å². The molecule has 2 fully saturated rings. The van der Waals surface area contributed by atoms with Gasteiger partial charge >= 0.3 is 0 Å². The zero-order valence-electron chi connectivity index (χ0n) is 13.3. The summed E-state index contributed by atoms with van der Waals surface area (Å²) in [5.41, 5.74) is 0. The second kappa shape index (κ2) is 7.70. The van der Waals surface area contributed by atoms with E-state index in [0.717, 1.165) is 18.9 Å². The highest BCUT2D eigenvalue weighted by Crippen LogP contribution is 2.28. The number of hydrogen-bond acceptors (Lipinski definition) is 4. The van der Waals surface area contributed by atoms with Crippen molar-refractivity contribution in [1.82, 2.24) is 15.2 Å². The molecule has 1 N–H and O–H groups in total. The Hall–Kier alpha value is -0.450. The minimum absolute atomic E-state index is 0.707. The highest BCUT2D eigenvalue weighted by molar-refractivity contribution is 7.11. The maximum atomic E-state index is 4.61. The molecule has 1 unspecified atom stereocenters. The normalized spacial score (nSPS) is 25.9. The van der Waals surface area contributed by atoms with Gasteiger partial charge in [0.2, 0.25) is 0 Å².